The molecule has 1 atom stereocenters. The lowest BCUT2D eigenvalue weighted by Crippen LogP contribution is -2.36. The van der Waals surface area contributed by atoms with E-state index in [-0.39, 0.29) is 0 Å². The zero-order chi connectivity index (χ0) is 15.2. The summed E-state index contributed by atoms with van der Waals surface area (Å²) in [5.41, 5.74) is 1.30. The van der Waals surface area contributed by atoms with Crippen molar-refractivity contribution >= 4 is 21.7 Å². The zero-order valence-corrected chi connectivity index (χ0v) is 15.1. The lowest BCUT2D eigenvalue weighted by Gasteiger charge is -2.32. The van der Waals surface area contributed by atoms with Crippen LogP contribution in [0, 0.1) is 0 Å². The molecule has 0 aliphatic carbocycles. The Labute approximate surface area is 137 Å². The maximum Gasteiger partial charge on any atom is 0.133 e. The van der Waals surface area contributed by atoms with Gasteiger partial charge in [0.25, 0.3) is 0 Å². The SMILES string of the molecule is CCC1CCCCCN1c1ncc(Br)cc1CNC(C)C. The van der Waals surface area contributed by atoms with Gasteiger partial charge >= 0.3 is 0 Å². The lowest BCUT2D eigenvalue weighted by atomic mass is 10.1. The highest BCUT2D eigenvalue weighted by atomic mass is 79.9. The molecule has 0 aromatic carbocycles. The van der Waals surface area contributed by atoms with Crippen molar-refractivity contribution < 1.29 is 0 Å². The van der Waals surface area contributed by atoms with Gasteiger partial charge in [0.15, 0.2) is 0 Å². The average Bonchev–Trinajstić information content (AvgIpc) is 2.70. The molecule has 4 heteroatoms. The Morgan fingerprint density at radius 3 is 2.90 bits per heavy atom. The third-order valence-corrected chi connectivity index (χ3v) is 4.66. The fraction of sp³-hybridized carbons (Fsp3) is 0.706. The summed E-state index contributed by atoms with van der Waals surface area (Å²) in [5, 5.41) is 3.53. The van der Waals surface area contributed by atoms with Gasteiger partial charge in [-0.15, -0.1) is 0 Å². The maximum absolute atomic E-state index is 4.76. The Morgan fingerprint density at radius 1 is 1.38 bits per heavy atom. The molecule has 1 aliphatic rings. The summed E-state index contributed by atoms with van der Waals surface area (Å²) >= 11 is 3.57. The van der Waals surface area contributed by atoms with Crippen molar-refractivity contribution in [2.45, 2.75) is 71.5 Å². The molecule has 1 aliphatic heterocycles. The van der Waals surface area contributed by atoms with Crippen molar-refractivity contribution in [1.29, 1.82) is 0 Å². The van der Waals surface area contributed by atoms with Gasteiger partial charge in [0.1, 0.15) is 5.82 Å². The van der Waals surface area contributed by atoms with E-state index < -0.39 is 0 Å². The summed E-state index contributed by atoms with van der Waals surface area (Å²) in [4.78, 5) is 7.31. The minimum Gasteiger partial charge on any atom is -0.353 e. The second-order valence-electron chi connectivity index (χ2n) is 6.28. The van der Waals surface area contributed by atoms with Gasteiger partial charge in [-0.05, 0) is 41.3 Å². The predicted molar refractivity (Wildman–Crippen MR) is 93.8 cm³/mol. The largest absolute Gasteiger partial charge is 0.353 e. The number of hydrogen-bond acceptors (Lipinski definition) is 3. The highest BCUT2D eigenvalue weighted by Gasteiger charge is 2.23. The van der Waals surface area contributed by atoms with Crippen LogP contribution >= 0.6 is 15.9 Å². The van der Waals surface area contributed by atoms with Crippen LogP contribution in [0.4, 0.5) is 5.82 Å². The minimum absolute atomic E-state index is 0.489. The van der Waals surface area contributed by atoms with E-state index in [1.807, 2.05) is 6.20 Å². The standard InChI is InChI=1S/C17H28BrN3/c1-4-16-8-6-5-7-9-21(16)17-14(11-19-13(2)3)10-15(18)12-20-17/h10,12-13,16,19H,4-9,11H2,1-3H3. The van der Waals surface area contributed by atoms with Gasteiger partial charge in [-0.3, -0.25) is 0 Å². The first kappa shape index (κ1) is 16.8. The molecule has 2 heterocycles. The van der Waals surface area contributed by atoms with E-state index in [9.17, 15) is 0 Å². The fourth-order valence-electron chi connectivity index (χ4n) is 3.06. The molecular weight excluding hydrogens is 326 g/mol. The predicted octanol–water partition coefficient (Wildman–Crippen LogP) is 4.50. The van der Waals surface area contributed by atoms with E-state index >= 15 is 0 Å². The van der Waals surface area contributed by atoms with Gasteiger partial charge in [0.05, 0.1) is 0 Å². The number of pyridine rings is 1. The summed E-state index contributed by atoms with van der Waals surface area (Å²) < 4.78 is 1.06. The maximum atomic E-state index is 4.76. The smallest absolute Gasteiger partial charge is 0.133 e. The lowest BCUT2D eigenvalue weighted by molar-refractivity contribution is 0.545. The Balaban J connectivity index is 2.26. The Hall–Kier alpha value is -0.610. The van der Waals surface area contributed by atoms with Crippen LogP contribution in [0.1, 0.15) is 58.4 Å². The number of rotatable bonds is 5. The summed E-state index contributed by atoms with van der Waals surface area (Å²) in [5.74, 6) is 1.18. The Bertz CT molecular complexity index is 448. The number of hydrogen-bond donors (Lipinski definition) is 1. The molecule has 1 saturated heterocycles. The summed E-state index contributed by atoms with van der Waals surface area (Å²) in [6.45, 7) is 8.69. The van der Waals surface area contributed by atoms with Gasteiger partial charge in [-0.2, -0.15) is 0 Å². The topological polar surface area (TPSA) is 28.2 Å². The third-order valence-electron chi connectivity index (χ3n) is 4.23. The van der Waals surface area contributed by atoms with Crippen molar-refractivity contribution in [2.24, 2.45) is 0 Å². The zero-order valence-electron chi connectivity index (χ0n) is 13.5. The molecule has 0 amide bonds. The van der Waals surface area contributed by atoms with Gasteiger partial charge < -0.3 is 10.2 Å². The van der Waals surface area contributed by atoms with E-state index in [2.05, 4.69) is 53.0 Å². The Kier molecular flexibility index (Phi) is 6.49. The second kappa shape index (κ2) is 8.14. The summed E-state index contributed by atoms with van der Waals surface area (Å²) in [6, 6.07) is 3.34. The fourth-order valence-corrected chi connectivity index (χ4v) is 3.44. The van der Waals surface area contributed by atoms with Crippen LogP contribution in [0.3, 0.4) is 0 Å². The second-order valence-corrected chi connectivity index (χ2v) is 7.19. The van der Waals surface area contributed by atoms with Crippen molar-refractivity contribution in [1.82, 2.24) is 10.3 Å². The molecule has 0 saturated carbocycles. The number of anilines is 1. The quantitative estimate of drug-likeness (QED) is 0.844. The van der Waals surface area contributed by atoms with Crippen LogP contribution in [0.2, 0.25) is 0 Å². The molecule has 118 valence electrons. The highest BCUT2D eigenvalue weighted by molar-refractivity contribution is 9.10. The van der Waals surface area contributed by atoms with Crippen LogP contribution in [0.15, 0.2) is 16.7 Å². The molecule has 1 fully saturated rings. The van der Waals surface area contributed by atoms with Crippen LogP contribution in [-0.4, -0.2) is 23.6 Å². The van der Waals surface area contributed by atoms with Gasteiger partial charge in [-0.1, -0.05) is 33.6 Å². The number of aromatic nitrogens is 1. The summed E-state index contributed by atoms with van der Waals surface area (Å²) in [7, 11) is 0. The molecule has 1 unspecified atom stereocenters. The van der Waals surface area contributed by atoms with Crippen molar-refractivity contribution in [3.05, 3.63) is 22.3 Å². The van der Waals surface area contributed by atoms with Crippen molar-refractivity contribution in [3.63, 3.8) is 0 Å². The molecule has 0 spiro atoms. The van der Waals surface area contributed by atoms with Gasteiger partial charge in [0, 0.05) is 41.4 Å². The first-order valence-electron chi connectivity index (χ1n) is 8.26. The molecular formula is C17H28BrN3. The first-order chi connectivity index (χ1) is 10.1. The monoisotopic (exact) mass is 353 g/mol. The molecule has 1 aromatic rings. The minimum atomic E-state index is 0.489. The van der Waals surface area contributed by atoms with Crippen LogP contribution in [0.25, 0.3) is 0 Å². The average molecular weight is 354 g/mol. The van der Waals surface area contributed by atoms with E-state index in [1.54, 1.807) is 0 Å². The number of nitrogens with zero attached hydrogens (tertiary/aromatic N) is 2. The molecule has 0 bridgehead atoms. The highest BCUT2D eigenvalue weighted by Crippen LogP contribution is 2.28. The molecule has 21 heavy (non-hydrogen) atoms. The molecule has 1 N–H and O–H groups in total. The Morgan fingerprint density at radius 2 is 2.19 bits per heavy atom. The van der Waals surface area contributed by atoms with Crippen LogP contribution < -0.4 is 10.2 Å². The van der Waals surface area contributed by atoms with Crippen molar-refractivity contribution in [2.75, 3.05) is 11.4 Å². The van der Waals surface area contributed by atoms with Crippen LogP contribution in [0.5, 0.6) is 0 Å². The van der Waals surface area contributed by atoms with Crippen molar-refractivity contribution in [3.8, 4) is 0 Å². The molecule has 2 rings (SSSR count). The van der Waals surface area contributed by atoms with E-state index in [4.69, 9.17) is 4.98 Å². The third kappa shape index (κ3) is 4.68. The molecule has 0 radical (unpaired) electrons. The molecule has 3 nitrogen and oxygen atoms in total. The number of halogens is 1. The van der Waals surface area contributed by atoms with Gasteiger partial charge in [0.2, 0.25) is 0 Å². The van der Waals surface area contributed by atoms with E-state index in [0.29, 0.717) is 12.1 Å². The normalized spacial score (nSPS) is 19.9. The van der Waals surface area contributed by atoms with E-state index in [0.717, 1.165) is 17.6 Å². The molecule has 1 aromatic heterocycles. The van der Waals surface area contributed by atoms with Crippen LogP contribution in [-0.2, 0) is 6.54 Å². The summed E-state index contributed by atoms with van der Waals surface area (Å²) in [6.07, 6.45) is 8.42. The van der Waals surface area contributed by atoms with Gasteiger partial charge in [-0.25, -0.2) is 4.98 Å². The van der Waals surface area contributed by atoms with E-state index in [1.165, 1.54) is 43.5 Å². The number of nitrogens with one attached hydrogen (secondary N) is 1. The first-order valence-corrected chi connectivity index (χ1v) is 9.05.